The van der Waals surface area contributed by atoms with Crippen LogP contribution in [0, 0.1) is 0 Å². The topological polar surface area (TPSA) is 68.3 Å². The molecule has 2 aromatic carbocycles. The molecule has 1 atom stereocenters. The summed E-state index contributed by atoms with van der Waals surface area (Å²) in [6, 6.07) is 13.0. The highest BCUT2D eigenvalue weighted by molar-refractivity contribution is 5.95. The van der Waals surface area contributed by atoms with E-state index in [1.165, 1.54) is 0 Å². The van der Waals surface area contributed by atoms with Crippen molar-refractivity contribution in [3.8, 4) is 17.2 Å². The second kappa shape index (κ2) is 9.29. The maximum Gasteiger partial charge on any atom is 0.263 e. The second-order valence-electron chi connectivity index (χ2n) is 7.79. The molecule has 7 nitrogen and oxygen atoms in total. The molecule has 2 heterocycles. The Kier molecular flexibility index (Phi) is 6.30. The summed E-state index contributed by atoms with van der Waals surface area (Å²) in [5, 5.41) is 0. The van der Waals surface area contributed by atoms with Gasteiger partial charge in [0.1, 0.15) is 5.75 Å². The molecule has 7 heteroatoms. The number of benzene rings is 2. The maximum atomic E-state index is 13.1. The highest BCUT2D eigenvalue weighted by Crippen LogP contribution is 2.29. The molecule has 31 heavy (non-hydrogen) atoms. The van der Waals surface area contributed by atoms with Gasteiger partial charge >= 0.3 is 0 Å². The summed E-state index contributed by atoms with van der Waals surface area (Å²) >= 11 is 0. The Morgan fingerprint density at radius 2 is 1.68 bits per heavy atom. The molecule has 0 aliphatic carbocycles. The van der Waals surface area contributed by atoms with E-state index < -0.39 is 6.10 Å². The first-order valence-corrected chi connectivity index (χ1v) is 10.7. The zero-order valence-corrected chi connectivity index (χ0v) is 18.0. The third kappa shape index (κ3) is 4.45. The minimum Gasteiger partial charge on any atom is -0.493 e. The standard InChI is InChI=1S/C24H28N2O5/c1-29-20-10-9-18(16-22(20)30-2)23(27)25-12-5-13-26(15-14-25)24(28)21-11-8-17-6-3-4-7-19(17)31-21/h3-4,6-7,9-10,16,21H,5,8,11-15H2,1-2H3. The average Bonchev–Trinajstić information content (AvgIpc) is 3.08. The fraction of sp³-hybridized carbons (Fsp3) is 0.417. The van der Waals surface area contributed by atoms with Crippen molar-refractivity contribution in [2.45, 2.75) is 25.4 Å². The summed E-state index contributed by atoms with van der Waals surface area (Å²) in [6.45, 7) is 2.21. The summed E-state index contributed by atoms with van der Waals surface area (Å²) < 4.78 is 16.5. The highest BCUT2D eigenvalue weighted by Gasteiger charge is 2.31. The van der Waals surface area contributed by atoms with Gasteiger partial charge in [0.15, 0.2) is 17.6 Å². The molecule has 1 saturated heterocycles. The molecule has 0 N–H and O–H groups in total. The molecule has 0 spiro atoms. The van der Waals surface area contributed by atoms with E-state index in [4.69, 9.17) is 14.2 Å². The third-order valence-corrected chi connectivity index (χ3v) is 5.92. The van der Waals surface area contributed by atoms with Crippen molar-refractivity contribution in [1.29, 1.82) is 0 Å². The number of fused-ring (bicyclic) bond motifs is 1. The van der Waals surface area contributed by atoms with Gasteiger partial charge in [0.25, 0.3) is 11.8 Å². The van der Waals surface area contributed by atoms with Crippen LogP contribution in [0.15, 0.2) is 42.5 Å². The quantitative estimate of drug-likeness (QED) is 0.755. The van der Waals surface area contributed by atoms with E-state index in [1.807, 2.05) is 29.2 Å². The molecule has 2 aromatic rings. The van der Waals surface area contributed by atoms with Crippen molar-refractivity contribution >= 4 is 11.8 Å². The lowest BCUT2D eigenvalue weighted by Gasteiger charge is -2.30. The zero-order valence-electron chi connectivity index (χ0n) is 18.0. The molecule has 0 aromatic heterocycles. The molecule has 1 unspecified atom stereocenters. The van der Waals surface area contributed by atoms with Gasteiger partial charge in [-0.05, 0) is 49.1 Å². The first kappa shape index (κ1) is 21.0. The average molecular weight is 424 g/mol. The van der Waals surface area contributed by atoms with Crippen molar-refractivity contribution in [1.82, 2.24) is 9.80 Å². The molecular weight excluding hydrogens is 396 g/mol. The van der Waals surface area contributed by atoms with Crippen molar-refractivity contribution in [3.05, 3.63) is 53.6 Å². The summed E-state index contributed by atoms with van der Waals surface area (Å²) in [4.78, 5) is 29.8. The molecule has 2 amide bonds. The molecule has 0 radical (unpaired) electrons. The third-order valence-electron chi connectivity index (χ3n) is 5.92. The molecule has 164 valence electrons. The monoisotopic (exact) mass is 424 g/mol. The predicted molar refractivity (Wildman–Crippen MR) is 116 cm³/mol. The van der Waals surface area contributed by atoms with E-state index in [2.05, 4.69) is 0 Å². The Labute approximate surface area is 182 Å². The SMILES string of the molecule is COc1ccc(C(=O)N2CCCN(C(=O)C3CCc4ccccc4O3)CC2)cc1OC. The normalized spacial score (nSPS) is 18.5. The van der Waals surface area contributed by atoms with Crippen LogP contribution in [0.5, 0.6) is 17.2 Å². The van der Waals surface area contributed by atoms with Gasteiger partial charge in [0.2, 0.25) is 0 Å². The van der Waals surface area contributed by atoms with Crippen LogP contribution in [-0.2, 0) is 11.2 Å². The lowest BCUT2D eigenvalue weighted by molar-refractivity contribution is -0.139. The van der Waals surface area contributed by atoms with E-state index >= 15 is 0 Å². The second-order valence-corrected chi connectivity index (χ2v) is 7.79. The Hall–Kier alpha value is -3.22. The smallest absolute Gasteiger partial charge is 0.263 e. The van der Waals surface area contributed by atoms with Crippen LogP contribution >= 0.6 is 0 Å². The van der Waals surface area contributed by atoms with Gasteiger partial charge < -0.3 is 24.0 Å². The largest absolute Gasteiger partial charge is 0.493 e. The Bertz CT molecular complexity index is 961. The van der Waals surface area contributed by atoms with Crippen LogP contribution in [0.4, 0.5) is 0 Å². The van der Waals surface area contributed by atoms with Crippen LogP contribution in [0.3, 0.4) is 0 Å². The summed E-state index contributed by atoms with van der Waals surface area (Å²) in [7, 11) is 3.11. The van der Waals surface area contributed by atoms with Crippen LogP contribution < -0.4 is 14.2 Å². The molecule has 0 bridgehead atoms. The van der Waals surface area contributed by atoms with Gasteiger partial charge in [-0.15, -0.1) is 0 Å². The highest BCUT2D eigenvalue weighted by atomic mass is 16.5. The zero-order chi connectivity index (χ0) is 21.8. The number of methoxy groups -OCH3 is 2. The maximum absolute atomic E-state index is 13.1. The fourth-order valence-electron chi connectivity index (χ4n) is 4.19. The predicted octanol–water partition coefficient (Wildman–Crippen LogP) is 2.77. The first-order valence-electron chi connectivity index (χ1n) is 10.7. The number of ether oxygens (including phenoxy) is 3. The number of carbonyl (C=O) groups is 2. The fourth-order valence-corrected chi connectivity index (χ4v) is 4.19. The van der Waals surface area contributed by atoms with Gasteiger partial charge in [-0.2, -0.15) is 0 Å². The molecule has 2 aliphatic rings. The molecule has 0 saturated carbocycles. The lowest BCUT2D eigenvalue weighted by Crippen LogP contribution is -2.45. The number of para-hydroxylation sites is 1. The van der Waals surface area contributed by atoms with Crippen molar-refractivity contribution < 1.29 is 23.8 Å². The minimum absolute atomic E-state index is 0.00918. The number of carbonyl (C=O) groups excluding carboxylic acids is 2. The number of amides is 2. The van der Waals surface area contributed by atoms with E-state index in [9.17, 15) is 9.59 Å². The summed E-state index contributed by atoms with van der Waals surface area (Å²) in [5.41, 5.74) is 1.69. The van der Waals surface area contributed by atoms with Gasteiger partial charge in [-0.1, -0.05) is 18.2 Å². The van der Waals surface area contributed by atoms with Crippen LogP contribution in [0.2, 0.25) is 0 Å². The number of nitrogens with zero attached hydrogens (tertiary/aromatic N) is 2. The van der Waals surface area contributed by atoms with Gasteiger partial charge in [0, 0.05) is 31.7 Å². The summed E-state index contributed by atoms with van der Waals surface area (Å²) in [5.74, 6) is 1.84. The Morgan fingerprint density at radius 1 is 0.935 bits per heavy atom. The van der Waals surface area contributed by atoms with Crippen molar-refractivity contribution in [3.63, 3.8) is 0 Å². The number of hydrogen-bond donors (Lipinski definition) is 0. The first-order chi connectivity index (χ1) is 15.1. The van der Waals surface area contributed by atoms with E-state index in [0.717, 1.165) is 24.2 Å². The van der Waals surface area contributed by atoms with Crippen LogP contribution in [0.25, 0.3) is 0 Å². The van der Waals surface area contributed by atoms with E-state index in [-0.39, 0.29) is 11.8 Å². The van der Waals surface area contributed by atoms with Crippen LogP contribution in [0.1, 0.15) is 28.8 Å². The molecule has 1 fully saturated rings. The lowest BCUT2D eigenvalue weighted by atomic mass is 10.0. The van der Waals surface area contributed by atoms with Gasteiger partial charge in [-0.3, -0.25) is 9.59 Å². The minimum atomic E-state index is -0.456. The van der Waals surface area contributed by atoms with Gasteiger partial charge in [0.05, 0.1) is 14.2 Å². The summed E-state index contributed by atoms with van der Waals surface area (Å²) in [6.07, 6.45) is 1.79. The van der Waals surface area contributed by atoms with E-state index in [0.29, 0.717) is 49.7 Å². The Balaban J connectivity index is 1.39. The van der Waals surface area contributed by atoms with Crippen LogP contribution in [-0.4, -0.2) is 68.1 Å². The number of hydrogen-bond acceptors (Lipinski definition) is 5. The number of aryl methyl sites for hydroxylation is 1. The van der Waals surface area contributed by atoms with Gasteiger partial charge in [-0.25, -0.2) is 0 Å². The Morgan fingerprint density at radius 3 is 2.48 bits per heavy atom. The molecule has 4 rings (SSSR count). The van der Waals surface area contributed by atoms with E-state index in [1.54, 1.807) is 37.3 Å². The number of rotatable bonds is 4. The molecule has 2 aliphatic heterocycles. The molecular formula is C24H28N2O5. The van der Waals surface area contributed by atoms with Crippen molar-refractivity contribution in [2.75, 3.05) is 40.4 Å². The van der Waals surface area contributed by atoms with Crippen molar-refractivity contribution in [2.24, 2.45) is 0 Å².